The van der Waals surface area contributed by atoms with Crippen molar-refractivity contribution >= 4 is 49.0 Å². The summed E-state index contributed by atoms with van der Waals surface area (Å²) in [7, 11) is 0. The van der Waals surface area contributed by atoms with Gasteiger partial charge in [-0.1, -0.05) is 0 Å². The number of para-hydroxylation sites is 1. The van der Waals surface area contributed by atoms with Gasteiger partial charge >= 0.3 is 113 Å². The van der Waals surface area contributed by atoms with Gasteiger partial charge in [0.15, 0.2) is 0 Å². The summed E-state index contributed by atoms with van der Waals surface area (Å²) in [4.78, 5) is 3.05. The molecule has 0 atom stereocenters. The minimum atomic E-state index is -1.13. The Morgan fingerprint density at radius 3 is 2.62 bits per heavy atom. The van der Waals surface area contributed by atoms with Crippen molar-refractivity contribution < 1.29 is 11.0 Å². The molecular formula is C14H9NTe. The van der Waals surface area contributed by atoms with E-state index in [1.165, 1.54) is 0 Å². The summed E-state index contributed by atoms with van der Waals surface area (Å²) in [6.45, 7) is 0. The number of aromatic amines is 1. The molecule has 0 saturated heterocycles. The first-order valence-corrected chi connectivity index (χ1v) is 6.99. The molecule has 0 amide bonds. The molecule has 0 bridgehead atoms. The third-order valence-corrected chi connectivity index (χ3v) is 5.42. The van der Waals surface area contributed by atoms with Gasteiger partial charge in [-0.05, 0) is 0 Å². The summed E-state index contributed by atoms with van der Waals surface area (Å²) in [5.74, 6) is 0. The summed E-state index contributed by atoms with van der Waals surface area (Å²) in [6, 6.07) is -1.79. The molecule has 0 spiro atoms. The Kier molecular flexibility index (Phi) is 0.826. The van der Waals surface area contributed by atoms with Crippen LogP contribution in [0.5, 0.6) is 0 Å². The summed E-state index contributed by atoms with van der Waals surface area (Å²) in [5, 5.41) is 1.21. The van der Waals surface area contributed by atoms with Gasteiger partial charge < -0.3 is 0 Å². The third kappa shape index (κ3) is 1.06. The van der Waals surface area contributed by atoms with E-state index in [2.05, 4.69) is 4.98 Å². The molecule has 0 aliphatic carbocycles. The van der Waals surface area contributed by atoms with Gasteiger partial charge in [0, 0.05) is 0 Å². The molecule has 2 heterocycles. The van der Waals surface area contributed by atoms with Crippen molar-refractivity contribution in [2.75, 3.05) is 0 Å². The maximum absolute atomic E-state index is 8.20. The maximum atomic E-state index is 8.20. The molecule has 0 radical (unpaired) electrons. The van der Waals surface area contributed by atoms with E-state index >= 15 is 0 Å². The molecule has 76 valence electrons. The fourth-order valence-electron chi connectivity index (χ4n) is 1.85. The van der Waals surface area contributed by atoms with Gasteiger partial charge in [0.05, 0.1) is 0 Å². The first kappa shape index (κ1) is 4.22. The number of hydrogen-bond donors (Lipinski definition) is 1. The quantitative estimate of drug-likeness (QED) is 0.476. The van der Waals surface area contributed by atoms with Crippen LogP contribution < -0.4 is 0 Å². The molecule has 0 saturated carbocycles. The zero-order valence-corrected chi connectivity index (χ0v) is 10.2. The monoisotopic (exact) mass is 329 g/mol. The van der Waals surface area contributed by atoms with Crippen LogP contribution in [-0.2, 0) is 0 Å². The van der Waals surface area contributed by atoms with Gasteiger partial charge in [-0.2, -0.15) is 0 Å². The van der Waals surface area contributed by atoms with E-state index in [-0.39, 0.29) is 48.3 Å². The average molecular weight is 327 g/mol. The number of H-pyrrole nitrogens is 1. The van der Waals surface area contributed by atoms with Gasteiger partial charge in [-0.15, -0.1) is 0 Å². The summed E-state index contributed by atoms with van der Waals surface area (Å²) in [5.41, 5.74) is 0.300. The van der Waals surface area contributed by atoms with Crippen LogP contribution in [0.15, 0.2) is 48.3 Å². The Morgan fingerprint density at radius 2 is 1.69 bits per heavy atom. The molecular weight excluding hydrogens is 310 g/mol. The van der Waals surface area contributed by atoms with Crippen molar-refractivity contribution in [1.29, 1.82) is 0 Å². The van der Waals surface area contributed by atoms with Gasteiger partial charge in [-0.25, -0.2) is 0 Å². The second-order valence-corrected chi connectivity index (χ2v) is 6.30. The first-order valence-electron chi connectivity index (χ1n) is 8.66. The van der Waals surface area contributed by atoms with Crippen molar-refractivity contribution in [3.63, 3.8) is 0 Å². The molecule has 2 aromatic carbocycles. The molecule has 1 N–H and O–H groups in total. The third-order valence-electron chi connectivity index (χ3n) is 2.51. The first-order chi connectivity index (χ1) is 11.3. The van der Waals surface area contributed by atoms with E-state index in [4.69, 9.17) is 11.0 Å². The molecule has 1 nitrogen and oxygen atoms in total. The predicted octanol–water partition coefficient (Wildman–Crippen LogP) is 3.53. The molecule has 4 rings (SSSR count). The van der Waals surface area contributed by atoms with Crippen LogP contribution >= 0.6 is 0 Å². The number of fused-ring (bicyclic) bond motifs is 5. The second kappa shape index (κ2) is 3.13. The van der Waals surface area contributed by atoms with Crippen LogP contribution in [0.3, 0.4) is 0 Å². The molecule has 0 aliphatic rings. The van der Waals surface area contributed by atoms with Crippen LogP contribution in [0, 0.1) is 0 Å². The van der Waals surface area contributed by atoms with E-state index in [0.717, 1.165) is 3.53 Å². The number of aromatic nitrogens is 1. The Labute approximate surface area is 114 Å². The van der Waals surface area contributed by atoms with E-state index < -0.39 is 20.4 Å². The molecule has 2 heteroatoms. The van der Waals surface area contributed by atoms with Crippen LogP contribution in [-0.4, -0.2) is 25.4 Å². The molecule has 0 aliphatic heterocycles. The van der Waals surface area contributed by atoms with E-state index in [1.54, 1.807) is 0 Å². The predicted molar refractivity (Wildman–Crippen MR) is 70.3 cm³/mol. The summed E-state index contributed by atoms with van der Waals surface area (Å²) < 4.78 is 65.2. The Bertz CT molecular complexity index is 1100. The number of hydrogen-bond acceptors (Lipinski definition) is 0. The van der Waals surface area contributed by atoms with E-state index in [1.807, 2.05) is 0 Å². The number of rotatable bonds is 0. The Morgan fingerprint density at radius 1 is 0.938 bits per heavy atom. The van der Waals surface area contributed by atoms with Gasteiger partial charge in [0.2, 0.25) is 0 Å². The van der Waals surface area contributed by atoms with Crippen molar-refractivity contribution in [2.45, 2.75) is 0 Å². The summed E-state index contributed by atoms with van der Waals surface area (Å²) in [6.07, 6.45) is 0. The van der Waals surface area contributed by atoms with Crippen molar-refractivity contribution in [2.24, 2.45) is 0 Å². The average Bonchev–Trinajstić information content (AvgIpc) is 3.10. The fraction of sp³-hybridized carbons (Fsp3) is 0. The number of benzene rings is 2. The molecule has 0 unspecified atom stereocenters. The Hall–Kier alpha value is -1.23. The number of nitrogens with one attached hydrogen (secondary N) is 1. The molecule has 16 heavy (non-hydrogen) atoms. The fourth-order valence-corrected chi connectivity index (χ4v) is 4.77. The standard InChI is InChI=1S/C14H9NTe/c1-3-7-11-9(5-1)13-10-6-2-4-8-12(10)16-14(13)15-11/h1-8,15H/i1D,2D,3D,4D,5D,6D,7D,8D. The normalized spacial score (nSPS) is 18.8. The summed E-state index contributed by atoms with van der Waals surface area (Å²) >= 11 is -1.13. The van der Waals surface area contributed by atoms with Crippen LogP contribution in [0.25, 0.3) is 28.6 Å². The van der Waals surface area contributed by atoms with Crippen LogP contribution in [0.2, 0.25) is 0 Å². The van der Waals surface area contributed by atoms with Crippen LogP contribution in [0.4, 0.5) is 0 Å². The molecule has 4 aromatic rings. The zero-order chi connectivity index (χ0) is 17.5. The van der Waals surface area contributed by atoms with Crippen molar-refractivity contribution in [3.8, 4) is 0 Å². The zero-order valence-electron chi connectivity index (χ0n) is 15.9. The van der Waals surface area contributed by atoms with Gasteiger partial charge in [0.1, 0.15) is 0 Å². The van der Waals surface area contributed by atoms with Crippen molar-refractivity contribution in [1.82, 2.24) is 4.98 Å². The molecule has 2 aromatic heterocycles. The van der Waals surface area contributed by atoms with Gasteiger partial charge in [0.25, 0.3) is 0 Å². The topological polar surface area (TPSA) is 15.8 Å². The SMILES string of the molecule is [2H]c1c([2H])c([2H])c2c([nH]c3[te]c4c([2H])c([2H])c([2H])c([2H])c4c32)c1[2H]. The second-order valence-electron chi connectivity index (χ2n) is 3.39. The van der Waals surface area contributed by atoms with Crippen LogP contribution in [0.1, 0.15) is 11.0 Å². The van der Waals surface area contributed by atoms with Gasteiger partial charge in [-0.3, -0.25) is 0 Å². The van der Waals surface area contributed by atoms with Crippen molar-refractivity contribution in [3.05, 3.63) is 48.3 Å². The van der Waals surface area contributed by atoms with E-state index in [0.29, 0.717) is 25.1 Å². The van der Waals surface area contributed by atoms with E-state index in [9.17, 15) is 0 Å². The molecule has 0 fully saturated rings. The minimum absolute atomic E-state index is 0.0491. The Balaban J connectivity index is 2.38.